The summed E-state index contributed by atoms with van der Waals surface area (Å²) in [6.45, 7) is 4.47. The number of hydrogen-bond acceptors (Lipinski definition) is 8. The molecule has 1 fully saturated rings. The first kappa shape index (κ1) is 24.5. The van der Waals surface area contributed by atoms with Gasteiger partial charge < -0.3 is 25.2 Å². The van der Waals surface area contributed by atoms with Gasteiger partial charge in [-0.25, -0.2) is 19.3 Å². The summed E-state index contributed by atoms with van der Waals surface area (Å²) in [4.78, 5) is 40.1. The van der Waals surface area contributed by atoms with Gasteiger partial charge in [0.2, 0.25) is 11.8 Å². The molecule has 3 aromatic heterocycles. The predicted octanol–water partition coefficient (Wildman–Crippen LogP) is 2.70. The van der Waals surface area contributed by atoms with E-state index < -0.39 is 18.1 Å². The number of likely N-dealkylation sites (tertiary alicyclic amines) is 1. The Bertz CT molecular complexity index is 1450. The number of amides is 2. The maximum absolute atomic E-state index is 13.2. The number of aliphatic hydroxyl groups is 1. The van der Waals surface area contributed by atoms with Crippen LogP contribution in [0.5, 0.6) is 0 Å². The number of carbonyl (C=O) groups is 2. The Morgan fingerprint density at radius 2 is 2.03 bits per heavy atom. The summed E-state index contributed by atoms with van der Waals surface area (Å²) in [7, 11) is 0. The number of hydrogen-bond donors (Lipinski definition) is 3. The van der Waals surface area contributed by atoms with E-state index in [0.29, 0.717) is 36.0 Å². The quantitative estimate of drug-likeness (QED) is 0.305. The number of nitrogens with one attached hydrogen (secondary N) is 2. The molecule has 190 valence electrons. The van der Waals surface area contributed by atoms with Crippen molar-refractivity contribution in [1.29, 1.82) is 0 Å². The minimum Gasteiger partial charge on any atom is -0.390 e. The van der Waals surface area contributed by atoms with Gasteiger partial charge in [0.25, 0.3) is 0 Å². The summed E-state index contributed by atoms with van der Waals surface area (Å²) >= 11 is 1.42. The summed E-state index contributed by atoms with van der Waals surface area (Å²) in [6, 6.07) is 7.15. The molecule has 0 aliphatic carbocycles. The van der Waals surface area contributed by atoms with Crippen molar-refractivity contribution in [2.75, 3.05) is 18.4 Å². The standard InChI is InChI=1S/C25H24FN7O3S/c1-2-22(35)33-9-7-19(34)23(33)24(36)27-8-10-32-14-30-17-12-28-21(11-18(17)32)31-25-29-13-20(37-25)15-3-5-16(26)6-4-15/h2-6,11-14,19,23,34H,1,7-10H2,(H,27,36)(H,28,29,31)/t19-,23?/m1/s1. The Kier molecular flexibility index (Phi) is 6.93. The van der Waals surface area contributed by atoms with Gasteiger partial charge in [-0.15, -0.1) is 0 Å². The zero-order valence-corrected chi connectivity index (χ0v) is 20.5. The molecule has 1 unspecified atom stereocenters. The smallest absolute Gasteiger partial charge is 0.246 e. The first-order chi connectivity index (χ1) is 17.9. The van der Waals surface area contributed by atoms with Gasteiger partial charge in [-0.1, -0.05) is 30.0 Å². The minimum absolute atomic E-state index is 0.280. The summed E-state index contributed by atoms with van der Waals surface area (Å²) in [6.07, 6.45) is 5.61. The molecule has 2 atom stereocenters. The number of carbonyl (C=O) groups excluding carboxylic acids is 2. The molecule has 4 aromatic rings. The van der Waals surface area contributed by atoms with Crippen LogP contribution in [0.15, 0.2) is 61.7 Å². The fraction of sp³-hybridized carbons (Fsp3) is 0.240. The zero-order chi connectivity index (χ0) is 25.9. The fourth-order valence-electron chi connectivity index (χ4n) is 4.26. The molecule has 1 aliphatic heterocycles. The highest BCUT2D eigenvalue weighted by atomic mass is 32.1. The number of thiazole rings is 1. The normalized spacial score (nSPS) is 17.2. The first-order valence-corrected chi connectivity index (χ1v) is 12.4. The van der Waals surface area contributed by atoms with E-state index in [2.05, 4.69) is 32.2 Å². The van der Waals surface area contributed by atoms with Crippen LogP contribution in [0.3, 0.4) is 0 Å². The third-order valence-corrected chi connectivity index (χ3v) is 7.08. The molecule has 1 aromatic carbocycles. The molecule has 0 radical (unpaired) electrons. The Balaban J connectivity index is 1.23. The molecule has 5 rings (SSSR count). The zero-order valence-electron chi connectivity index (χ0n) is 19.7. The van der Waals surface area contributed by atoms with Crippen LogP contribution >= 0.6 is 11.3 Å². The second-order valence-electron chi connectivity index (χ2n) is 8.49. The van der Waals surface area contributed by atoms with E-state index in [1.165, 1.54) is 28.4 Å². The van der Waals surface area contributed by atoms with Gasteiger partial charge in [-0.3, -0.25) is 9.59 Å². The topological polar surface area (TPSA) is 125 Å². The Hall–Kier alpha value is -4.16. The van der Waals surface area contributed by atoms with Crippen LogP contribution in [0, 0.1) is 5.82 Å². The van der Waals surface area contributed by atoms with Gasteiger partial charge in [-0.2, -0.15) is 0 Å². The lowest BCUT2D eigenvalue weighted by Gasteiger charge is -2.24. The van der Waals surface area contributed by atoms with Crippen LogP contribution in [-0.2, 0) is 16.1 Å². The molecule has 2 amide bonds. The fourth-order valence-corrected chi connectivity index (χ4v) is 5.09. The number of fused-ring (bicyclic) bond motifs is 1. The van der Waals surface area contributed by atoms with Crippen LogP contribution in [0.4, 0.5) is 15.3 Å². The Morgan fingerprint density at radius 3 is 2.81 bits per heavy atom. The van der Waals surface area contributed by atoms with Crippen molar-refractivity contribution in [2.45, 2.75) is 25.1 Å². The van der Waals surface area contributed by atoms with E-state index in [-0.39, 0.29) is 18.3 Å². The molecule has 1 saturated heterocycles. The number of pyridine rings is 1. The van der Waals surface area contributed by atoms with E-state index in [0.717, 1.165) is 22.0 Å². The molecular formula is C25H24FN7O3S. The summed E-state index contributed by atoms with van der Waals surface area (Å²) in [5.74, 6) is -0.503. The molecule has 0 saturated carbocycles. The largest absolute Gasteiger partial charge is 0.390 e. The third-order valence-electron chi connectivity index (χ3n) is 6.12. The van der Waals surface area contributed by atoms with Crippen molar-refractivity contribution >= 4 is 45.1 Å². The van der Waals surface area contributed by atoms with Gasteiger partial charge in [-0.05, 0) is 30.2 Å². The lowest BCUT2D eigenvalue weighted by molar-refractivity contribution is -0.137. The van der Waals surface area contributed by atoms with Crippen molar-refractivity contribution in [3.63, 3.8) is 0 Å². The number of anilines is 2. The first-order valence-electron chi connectivity index (χ1n) is 11.6. The van der Waals surface area contributed by atoms with Crippen molar-refractivity contribution in [3.05, 3.63) is 67.5 Å². The van der Waals surface area contributed by atoms with E-state index in [4.69, 9.17) is 0 Å². The highest BCUT2D eigenvalue weighted by Crippen LogP contribution is 2.31. The molecule has 0 spiro atoms. The average molecular weight is 522 g/mol. The van der Waals surface area contributed by atoms with Crippen molar-refractivity contribution in [3.8, 4) is 10.4 Å². The molecule has 3 N–H and O–H groups in total. The number of aromatic nitrogens is 4. The van der Waals surface area contributed by atoms with Gasteiger partial charge >= 0.3 is 0 Å². The lowest BCUT2D eigenvalue weighted by atomic mass is 10.1. The number of nitrogens with zero attached hydrogens (tertiary/aromatic N) is 5. The summed E-state index contributed by atoms with van der Waals surface area (Å²) < 4.78 is 15.1. The molecule has 37 heavy (non-hydrogen) atoms. The summed E-state index contributed by atoms with van der Waals surface area (Å²) in [5.41, 5.74) is 2.38. The molecule has 12 heteroatoms. The van der Waals surface area contributed by atoms with Gasteiger partial charge in [0.05, 0.1) is 29.0 Å². The van der Waals surface area contributed by atoms with E-state index in [1.54, 1.807) is 30.9 Å². The Morgan fingerprint density at radius 1 is 1.22 bits per heavy atom. The summed E-state index contributed by atoms with van der Waals surface area (Å²) in [5, 5.41) is 16.8. The number of benzene rings is 1. The van der Waals surface area contributed by atoms with Crippen LogP contribution in [0.25, 0.3) is 21.5 Å². The van der Waals surface area contributed by atoms with E-state index in [1.807, 2.05) is 10.6 Å². The van der Waals surface area contributed by atoms with Crippen LogP contribution in [-0.4, -0.2) is 66.6 Å². The Labute approximate surface area is 215 Å². The highest BCUT2D eigenvalue weighted by Gasteiger charge is 2.39. The van der Waals surface area contributed by atoms with Gasteiger partial charge in [0, 0.05) is 31.9 Å². The van der Waals surface area contributed by atoms with E-state index in [9.17, 15) is 19.1 Å². The van der Waals surface area contributed by atoms with Crippen LogP contribution in [0.1, 0.15) is 6.42 Å². The maximum atomic E-state index is 13.2. The van der Waals surface area contributed by atoms with Crippen molar-refractivity contribution in [2.24, 2.45) is 0 Å². The molecule has 4 heterocycles. The molecular weight excluding hydrogens is 497 g/mol. The van der Waals surface area contributed by atoms with Crippen LogP contribution in [0.2, 0.25) is 0 Å². The number of halogens is 1. The number of aliphatic hydroxyl groups excluding tert-OH is 1. The van der Waals surface area contributed by atoms with Crippen molar-refractivity contribution in [1.82, 2.24) is 29.7 Å². The maximum Gasteiger partial charge on any atom is 0.246 e. The lowest BCUT2D eigenvalue weighted by Crippen LogP contribution is -2.50. The predicted molar refractivity (Wildman–Crippen MR) is 138 cm³/mol. The number of rotatable bonds is 8. The second-order valence-corrected chi connectivity index (χ2v) is 9.52. The number of imidazole rings is 1. The third kappa shape index (κ3) is 5.20. The average Bonchev–Trinajstić information content (AvgIpc) is 3.63. The molecule has 0 bridgehead atoms. The van der Waals surface area contributed by atoms with E-state index >= 15 is 0 Å². The molecule has 1 aliphatic rings. The highest BCUT2D eigenvalue weighted by molar-refractivity contribution is 7.18. The molecule has 10 nitrogen and oxygen atoms in total. The monoisotopic (exact) mass is 521 g/mol. The van der Waals surface area contributed by atoms with Crippen LogP contribution < -0.4 is 10.6 Å². The minimum atomic E-state index is -0.928. The SMILES string of the molecule is C=CC(=O)N1CC[C@@H](O)C1C(=O)NCCn1cnc2cnc(Nc3ncc(-c4ccc(F)cc4)s3)cc21. The van der Waals surface area contributed by atoms with Gasteiger partial charge in [0.15, 0.2) is 5.13 Å². The van der Waals surface area contributed by atoms with Crippen molar-refractivity contribution < 1.29 is 19.1 Å². The second kappa shape index (κ2) is 10.4. The van der Waals surface area contributed by atoms with Gasteiger partial charge in [0.1, 0.15) is 23.2 Å².